The van der Waals surface area contributed by atoms with Crippen molar-refractivity contribution in [1.29, 1.82) is 0 Å². The Labute approximate surface area is 92.1 Å². The Morgan fingerprint density at radius 1 is 1.36 bits per heavy atom. The fourth-order valence-electron chi connectivity index (χ4n) is 1.00. The van der Waals surface area contributed by atoms with E-state index in [1.165, 1.54) is 13.2 Å². The topological polar surface area (TPSA) is 9.23 Å². The van der Waals surface area contributed by atoms with Gasteiger partial charge in [-0.3, -0.25) is 0 Å². The van der Waals surface area contributed by atoms with Crippen LogP contribution >= 0.6 is 23.2 Å². The van der Waals surface area contributed by atoms with Gasteiger partial charge in [-0.2, -0.15) is 0 Å². The third kappa shape index (κ3) is 2.40. The lowest BCUT2D eigenvalue weighted by Crippen LogP contribution is -1.90. The molecule has 4 heteroatoms. The van der Waals surface area contributed by atoms with Crippen molar-refractivity contribution in [3.05, 3.63) is 34.1 Å². The van der Waals surface area contributed by atoms with E-state index in [2.05, 4.69) is 0 Å². The molecule has 0 spiro atoms. The average molecular weight is 235 g/mol. The minimum Gasteiger partial charge on any atom is -0.494 e. The zero-order valence-corrected chi connectivity index (χ0v) is 9.29. The summed E-state index contributed by atoms with van der Waals surface area (Å²) in [7, 11) is 1.41. The van der Waals surface area contributed by atoms with E-state index in [9.17, 15) is 4.39 Å². The highest BCUT2D eigenvalue weighted by Crippen LogP contribution is 2.27. The van der Waals surface area contributed by atoms with Crippen LogP contribution in [-0.2, 0) is 0 Å². The summed E-state index contributed by atoms with van der Waals surface area (Å²) < 4.78 is 18.0. The molecule has 0 saturated carbocycles. The minimum atomic E-state index is -0.408. The molecule has 1 nitrogen and oxygen atoms in total. The Morgan fingerprint density at radius 3 is 2.50 bits per heavy atom. The molecule has 1 aromatic carbocycles. The van der Waals surface area contributed by atoms with Crippen molar-refractivity contribution in [3.63, 3.8) is 0 Å². The lowest BCUT2D eigenvalue weighted by atomic mass is 10.1. The molecular formula is C10H9Cl2FO. The Bertz CT molecular complexity index is 370. The number of hydrogen-bond acceptors (Lipinski definition) is 1. The molecule has 14 heavy (non-hydrogen) atoms. The molecule has 0 aromatic heterocycles. The minimum absolute atomic E-state index is 0.165. The van der Waals surface area contributed by atoms with Crippen LogP contribution in [0.2, 0.25) is 0 Å². The second kappa shape index (κ2) is 4.67. The molecular weight excluding hydrogens is 226 g/mol. The highest BCUT2D eigenvalue weighted by molar-refractivity contribution is 6.58. The van der Waals surface area contributed by atoms with Gasteiger partial charge >= 0.3 is 0 Å². The fraction of sp³-hybridized carbons (Fsp3) is 0.200. The standard InChI is InChI=1S/C10H9Cl2FO/c1-6(10(11)12)7-3-4-8(13)9(5-7)14-2/h3-5H,1-2H3. The summed E-state index contributed by atoms with van der Waals surface area (Å²) in [6.45, 7) is 1.75. The van der Waals surface area contributed by atoms with E-state index in [-0.39, 0.29) is 10.2 Å². The molecule has 0 aliphatic carbocycles. The highest BCUT2D eigenvalue weighted by Gasteiger charge is 2.06. The highest BCUT2D eigenvalue weighted by atomic mass is 35.5. The Kier molecular flexibility index (Phi) is 3.78. The van der Waals surface area contributed by atoms with Crippen molar-refractivity contribution in [2.75, 3.05) is 7.11 Å². The number of hydrogen-bond donors (Lipinski definition) is 0. The van der Waals surface area contributed by atoms with Gasteiger partial charge in [0.1, 0.15) is 4.49 Å². The molecule has 76 valence electrons. The summed E-state index contributed by atoms with van der Waals surface area (Å²) in [6.07, 6.45) is 0. The van der Waals surface area contributed by atoms with Crippen molar-refractivity contribution in [3.8, 4) is 5.75 Å². The van der Waals surface area contributed by atoms with E-state index in [0.29, 0.717) is 5.57 Å². The fourth-order valence-corrected chi connectivity index (χ4v) is 1.22. The first-order chi connectivity index (χ1) is 6.56. The van der Waals surface area contributed by atoms with Crippen molar-refractivity contribution >= 4 is 28.8 Å². The van der Waals surface area contributed by atoms with Gasteiger partial charge in [0.05, 0.1) is 7.11 Å². The van der Waals surface area contributed by atoms with Crippen LogP contribution < -0.4 is 4.74 Å². The summed E-state index contributed by atoms with van der Waals surface area (Å²) >= 11 is 11.2. The zero-order valence-electron chi connectivity index (χ0n) is 7.77. The van der Waals surface area contributed by atoms with Gasteiger partial charge in [-0.05, 0) is 30.2 Å². The molecule has 0 heterocycles. The maximum atomic E-state index is 13.0. The predicted octanol–water partition coefficient (Wildman–Crippen LogP) is 4.00. The van der Waals surface area contributed by atoms with Crippen LogP contribution in [-0.4, -0.2) is 7.11 Å². The molecule has 0 radical (unpaired) electrons. The maximum absolute atomic E-state index is 13.0. The quantitative estimate of drug-likeness (QED) is 0.752. The van der Waals surface area contributed by atoms with Gasteiger partial charge in [0.2, 0.25) is 0 Å². The number of rotatable bonds is 2. The van der Waals surface area contributed by atoms with Crippen LogP contribution in [0.3, 0.4) is 0 Å². The molecule has 0 atom stereocenters. The first-order valence-corrected chi connectivity index (χ1v) is 4.67. The van der Waals surface area contributed by atoms with Crippen molar-refractivity contribution < 1.29 is 9.13 Å². The van der Waals surface area contributed by atoms with Crippen molar-refractivity contribution in [1.82, 2.24) is 0 Å². The number of ether oxygens (including phenoxy) is 1. The molecule has 0 aliphatic rings. The average Bonchev–Trinajstić information content (AvgIpc) is 2.17. The molecule has 0 amide bonds. The third-order valence-electron chi connectivity index (χ3n) is 1.87. The second-order valence-corrected chi connectivity index (χ2v) is 3.68. The van der Waals surface area contributed by atoms with E-state index < -0.39 is 5.82 Å². The van der Waals surface area contributed by atoms with Gasteiger partial charge in [0.25, 0.3) is 0 Å². The van der Waals surface area contributed by atoms with E-state index >= 15 is 0 Å². The van der Waals surface area contributed by atoms with Gasteiger partial charge in [-0.15, -0.1) is 0 Å². The molecule has 0 saturated heterocycles. The van der Waals surface area contributed by atoms with Gasteiger partial charge < -0.3 is 4.74 Å². The largest absolute Gasteiger partial charge is 0.494 e. The number of methoxy groups -OCH3 is 1. The molecule has 0 unspecified atom stereocenters. The second-order valence-electron chi connectivity index (χ2n) is 2.73. The predicted molar refractivity (Wildman–Crippen MR) is 57.3 cm³/mol. The number of halogens is 3. The molecule has 0 N–H and O–H groups in total. The van der Waals surface area contributed by atoms with E-state index in [1.807, 2.05) is 0 Å². The summed E-state index contributed by atoms with van der Waals surface area (Å²) in [5, 5.41) is 0. The Morgan fingerprint density at radius 2 is 2.00 bits per heavy atom. The monoisotopic (exact) mass is 234 g/mol. The van der Waals surface area contributed by atoms with Gasteiger partial charge in [-0.25, -0.2) is 4.39 Å². The number of allylic oxidation sites excluding steroid dienone is 1. The molecule has 1 aromatic rings. The molecule has 0 bridgehead atoms. The molecule has 1 rings (SSSR count). The van der Waals surface area contributed by atoms with E-state index in [4.69, 9.17) is 27.9 Å². The maximum Gasteiger partial charge on any atom is 0.165 e. The van der Waals surface area contributed by atoms with Crippen molar-refractivity contribution in [2.45, 2.75) is 6.92 Å². The van der Waals surface area contributed by atoms with Gasteiger partial charge in [0, 0.05) is 0 Å². The summed E-state index contributed by atoms with van der Waals surface area (Å²) in [5.41, 5.74) is 1.43. The first kappa shape index (κ1) is 11.3. The van der Waals surface area contributed by atoms with Crippen LogP contribution in [0.25, 0.3) is 5.57 Å². The zero-order chi connectivity index (χ0) is 10.7. The lowest BCUT2D eigenvalue weighted by molar-refractivity contribution is 0.386. The SMILES string of the molecule is COc1cc(C(C)=C(Cl)Cl)ccc1F. The summed E-state index contributed by atoms with van der Waals surface area (Å²) in [6, 6.07) is 4.46. The third-order valence-corrected chi connectivity index (χ3v) is 2.43. The van der Waals surface area contributed by atoms with Crippen LogP contribution in [0.5, 0.6) is 5.75 Å². The van der Waals surface area contributed by atoms with E-state index in [0.717, 1.165) is 5.56 Å². The van der Waals surface area contributed by atoms with Crippen LogP contribution in [0.4, 0.5) is 4.39 Å². The lowest BCUT2D eigenvalue weighted by Gasteiger charge is -2.05. The Balaban J connectivity index is 3.20. The van der Waals surface area contributed by atoms with E-state index in [1.54, 1.807) is 19.1 Å². The molecule has 0 fully saturated rings. The summed E-state index contributed by atoms with van der Waals surface area (Å²) in [4.78, 5) is 0. The van der Waals surface area contributed by atoms with Crippen LogP contribution in [0.1, 0.15) is 12.5 Å². The Hall–Kier alpha value is -0.730. The first-order valence-electron chi connectivity index (χ1n) is 3.92. The van der Waals surface area contributed by atoms with Gasteiger partial charge in [-0.1, -0.05) is 29.3 Å². The number of benzene rings is 1. The molecule has 0 aliphatic heterocycles. The summed E-state index contributed by atoms with van der Waals surface area (Å²) in [5.74, 6) is -0.230. The van der Waals surface area contributed by atoms with Crippen molar-refractivity contribution in [2.24, 2.45) is 0 Å². The normalized spacial score (nSPS) is 9.79. The smallest absolute Gasteiger partial charge is 0.165 e. The van der Waals surface area contributed by atoms with Crippen LogP contribution in [0, 0.1) is 5.82 Å². The van der Waals surface area contributed by atoms with Crippen LogP contribution in [0.15, 0.2) is 22.7 Å². The van der Waals surface area contributed by atoms with Gasteiger partial charge in [0.15, 0.2) is 11.6 Å².